The van der Waals surface area contributed by atoms with Gasteiger partial charge in [0.05, 0.1) is 0 Å². The Balaban J connectivity index is 1.80. The lowest BCUT2D eigenvalue weighted by atomic mass is 9.98. The molecular weight excluding hydrogens is 365 g/mol. The van der Waals surface area contributed by atoms with E-state index in [-0.39, 0.29) is 23.3 Å². The van der Waals surface area contributed by atoms with Crippen molar-refractivity contribution in [3.05, 3.63) is 47.4 Å². The SMILES string of the molecule is N#C/C(=C/NCCc1ccc(F)cc1)C(=O)NC1CCCCCCCCCCC1. The van der Waals surface area contributed by atoms with Crippen LogP contribution in [-0.2, 0) is 11.2 Å². The second-order valence-corrected chi connectivity index (χ2v) is 7.93. The fourth-order valence-corrected chi connectivity index (χ4v) is 3.76. The van der Waals surface area contributed by atoms with Gasteiger partial charge in [0.25, 0.3) is 5.91 Å². The predicted octanol–water partition coefficient (Wildman–Crippen LogP) is 5.15. The Bertz CT molecular complexity index is 666. The van der Waals surface area contributed by atoms with Crippen molar-refractivity contribution in [2.45, 2.75) is 83.1 Å². The van der Waals surface area contributed by atoms with Crippen molar-refractivity contribution in [1.82, 2.24) is 10.6 Å². The molecule has 0 saturated heterocycles. The average molecular weight is 400 g/mol. The van der Waals surface area contributed by atoms with E-state index in [0.717, 1.165) is 31.2 Å². The Labute approximate surface area is 174 Å². The van der Waals surface area contributed by atoms with Crippen LogP contribution in [0.1, 0.15) is 76.2 Å². The Hall–Kier alpha value is -2.35. The molecule has 1 fully saturated rings. The summed E-state index contributed by atoms with van der Waals surface area (Å²) in [6.07, 6.45) is 15.4. The first-order valence-electron chi connectivity index (χ1n) is 11.1. The van der Waals surface area contributed by atoms with Gasteiger partial charge in [-0.3, -0.25) is 4.79 Å². The van der Waals surface area contributed by atoms with E-state index in [2.05, 4.69) is 10.6 Å². The lowest BCUT2D eigenvalue weighted by molar-refractivity contribution is -0.117. The summed E-state index contributed by atoms with van der Waals surface area (Å²) >= 11 is 0. The maximum atomic E-state index is 12.9. The van der Waals surface area contributed by atoms with Crippen LogP contribution in [-0.4, -0.2) is 18.5 Å². The molecular formula is C24H34FN3O. The van der Waals surface area contributed by atoms with Gasteiger partial charge >= 0.3 is 0 Å². The molecule has 0 radical (unpaired) electrons. The minimum atomic E-state index is -0.293. The molecule has 0 aromatic heterocycles. The smallest absolute Gasteiger partial charge is 0.263 e. The Morgan fingerprint density at radius 3 is 2.10 bits per heavy atom. The number of nitrogens with zero attached hydrogens (tertiary/aromatic N) is 1. The molecule has 158 valence electrons. The molecule has 5 heteroatoms. The summed E-state index contributed by atoms with van der Waals surface area (Å²) in [5.41, 5.74) is 1.11. The quantitative estimate of drug-likeness (QED) is 0.395. The fourth-order valence-electron chi connectivity index (χ4n) is 3.76. The molecule has 1 amide bonds. The van der Waals surface area contributed by atoms with Crippen LogP contribution in [0.4, 0.5) is 4.39 Å². The Morgan fingerprint density at radius 1 is 1.00 bits per heavy atom. The van der Waals surface area contributed by atoms with Crippen molar-refractivity contribution in [3.8, 4) is 6.07 Å². The van der Waals surface area contributed by atoms with Crippen molar-refractivity contribution < 1.29 is 9.18 Å². The number of carbonyl (C=O) groups is 1. The molecule has 29 heavy (non-hydrogen) atoms. The van der Waals surface area contributed by atoms with E-state index in [1.807, 2.05) is 6.07 Å². The maximum Gasteiger partial charge on any atom is 0.263 e. The third kappa shape index (κ3) is 9.60. The van der Waals surface area contributed by atoms with Gasteiger partial charge < -0.3 is 10.6 Å². The average Bonchev–Trinajstić information content (AvgIpc) is 2.71. The molecule has 0 atom stereocenters. The molecule has 1 saturated carbocycles. The largest absolute Gasteiger partial charge is 0.389 e. The number of halogens is 1. The number of benzene rings is 1. The summed E-state index contributed by atoms with van der Waals surface area (Å²) in [4.78, 5) is 12.5. The summed E-state index contributed by atoms with van der Waals surface area (Å²) in [6.45, 7) is 0.577. The van der Waals surface area contributed by atoms with Crippen molar-refractivity contribution in [2.24, 2.45) is 0 Å². The van der Waals surface area contributed by atoms with E-state index < -0.39 is 0 Å². The van der Waals surface area contributed by atoms with Crippen LogP contribution in [0.3, 0.4) is 0 Å². The van der Waals surface area contributed by atoms with E-state index in [9.17, 15) is 14.4 Å². The zero-order valence-corrected chi connectivity index (χ0v) is 17.4. The highest BCUT2D eigenvalue weighted by molar-refractivity contribution is 5.97. The van der Waals surface area contributed by atoms with Gasteiger partial charge in [-0.25, -0.2) is 4.39 Å². The zero-order chi connectivity index (χ0) is 20.7. The van der Waals surface area contributed by atoms with Crippen molar-refractivity contribution >= 4 is 5.91 Å². The van der Waals surface area contributed by atoms with Gasteiger partial charge in [0.2, 0.25) is 0 Å². The van der Waals surface area contributed by atoms with Gasteiger partial charge in [-0.2, -0.15) is 5.26 Å². The molecule has 0 heterocycles. The fraction of sp³-hybridized carbons (Fsp3) is 0.583. The number of carbonyl (C=O) groups excluding carboxylic acids is 1. The van der Waals surface area contributed by atoms with Crippen molar-refractivity contribution in [1.29, 1.82) is 5.26 Å². The van der Waals surface area contributed by atoms with Crippen molar-refractivity contribution in [3.63, 3.8) is 0 Å². The number of hydrogen-bond donors (Lipinski definition) is 2. The summed E-state index contributed by atoms with van der Waals surface area (Å²) in [5.74, 6) is -0.546. The van der Waals surface area contributed by atoms with Crippen molar-refractivity contribution in [2.75, 3.05) is 6.54 Å². The molecule has 1 aliphatic rings. The van der Waals surface area contributed by atoms with Gasteiger partial charge in [0.15, 0.2) is 0 Å². The molecule has 0 bridgehead atoms. The maximum absolute atomic E-state index is 12.9. The summed E-state index contributed by atoms with van der Waals surface area (Å²) in [5, 5.41) is 15.5. The molecule has 0 unspecified atom stereocenters. The molecule has 4 nitrogen and oxygen atoms in total. The number of amides is 1. The van der Waals surface area contributed by atoms with Gasteiger partial charge in [0.1, 0.15) is 17.5 Å². The summed E-state index contributed by atoms with van der Waals surface area (Å²) in [7, 11) is 0. The lowest BCUT2D eigenvalue weighted by Crippen LogP contribution is -2.36. The highest BCUT2D eigenvalue weighted by atomic mass is 19.1. The van der Waals surface area contributed by atoms with E-state index in [0.29, 0.717) is 13.0 Å². The summed E-state index contributed by atoms with van der Waals surface area (Å²) < 4.78 is 12.9. The van der Waals surface area contributed by atoms with E-state index in [1.54, 1.807) is 12.1 Å². The number of hydrogen-bond acceptors (Lipinski definition) is 3. The molecule has 0 aliphatic heterocycles. The lowest BCUT2D eigenvalue weighted by Gasteiger charge is -2.19. The van der Waals surface area contributed by atoms with E-state index in [4.69, 9.17) is 0 Å². The first-order chi connectivity index (χ1) is 14.2. The standard InChI is InChI=1S/C24H34FN3O/c25-22-14-12-20(13-15-22)16-17-27-19-21(18-26)24(29)28-23-10-8-6-4-2-1-3-5-7-9-11-23/h12-15,19,23,27H,1-11,16-17H2,(H,28,29)/b21-19-. The third-order valence-electron chi connectivity index (χ3n) is 5.52. The monoisotopic (exact) mass is 399 g/mol. The highest BCUT2D eigenvalue weighted by Gasteiger charge is 2.15. The first kappa shape index (κ1) is 22.9. The van der Waals surface area contributed by atoms with Gasteiger partial charge in [0, 0.05) is 18.8 Å². The molecule has 2 N–H and O–H groups in total. The highest BCUT2D eigenvalue weighted by Crippen LogP contribution is 2.17. The molecule has 2 rings (SSSR count). The number of nitrogens with one attached hydrogen (secondary N) is 2. The molecule has 1 aromatic rings. The van der Waals surface area contributed by atoms with Gasteiger partial charge in [-0.1, -0.05) is 69.9 Å². The van der Waals surface area contributed by atoms with Crippen LogP contribution in [0.15, 0.2) is 36.0 Å². The number of rotatable bonds is 6. The van der Waals surface area contributed by atoms with Crippen LogP contribution in [0.25, 0.3) is 0 Å². The van der Waals surface area contributed by atoms with E-state index in [1.165, 1.54) is 63.3 Å². The third-order valence-corrected chi connectivity index (χ3v) is 5.52. The second-order valence-electron chi connectivity index (χ2n) is 7.93. The minimum Gasteiger partial charge on any atom is -0.389 e. The van der Waals surface area contributed by atoms with Crippen LogP contribution in [0.2, 0.25) is 0 Å². The van der Waals surface area contributed by atoms with Crippen LogP contribution < -0.4 is 10.6 Å². The summed E-state index contributed by atoms with van der Waals surface area (Å²) in [6, 6.07) is 8.50. The number of nitriles is 1. The van der Waals surface area contributed by atoms with Gasteiger partial charge in [-0.05, 0) is 37.0 Å². The van der Waals surface area contributed by atoms with E-state index >= 15 is 0 Å². The Morgan fingerprint density at radius 2 is 1.55 bits per heavy atom. The predicted molar refractivity (Wildman–Crippen MR) is 115 cm³/mol. The van der Waals surface area contributed by atoms with Crippen LogP contribution in [0, 0.1) is 17.1 Å². The minimum absolute atomic E-state index is 0.107. The van der Waals surface area contributed by atoms with Crippen LogP contribution in [0.5, 0.6) is 0 Å². The molecule has 1 aliphatic carbocycles. The zero-order valence-electron chi connectivity index (χ0n) is 17.4. The molecule has 1 aromatic carbocycles. The van der Waals surface area contributed by atoms with Crippen LogP contribution >= 0.6 is 0 Å². The second kappa shape index (κ2) is 13.8. The first-order valence-corrected chi connectivity index (χ1v) is 11.1. The Kier molecular flexibility index (Phi) is 10.9. The van der Waals surface area contributed by atoms with Gasteiger partial charge in [-0.15, -0.1) is 0 Å². The molecule has 0 spiro atoms. The normalized spacial score (nSPS) is 17.4. The topological polar surface area (TPSA) is 64.9 Å².